The second-order valence-electron chi connectivity index (χ2n) is 4.57. The fourth-order valence-electron chi connectivity index (χ4n) is 1.79. The third-order valence-electron chi connectivity index (χ3n) is 2.86. The molecule has 0 fully saturated rings. The van der Waals surface area contributed by atoms with Crippen molar-refractivity contribution in [3.05, 3.63) is 45.0 Å². The molecule has 2 aromatic rings. The van der Waals surface area contributed by atoms with E-state index in [9.17, 15) is 0 Å². The van der Waals surface area contributed by atoms with E-state index in [1.54, 1.807) is 24.6 Å². The average molecular weight is 386 g/mol. The minimum absolute atomic E-state index is 0.521. The van der Waals surface area contributed by atoms with Gasteiger partial charge in [-0.1, -0.05) is 0 Å². The van der Waals surface area contributed by atoms with E-state index >= 15 is 0 Å². The first-order valence-corrected chi connectivity index (χ1v) is 8.73. The number of nitrogens with zero attached hydrogens (tertiary/aromatic N) is 1. The molecule has 0 spiro atoms. The van der Waals surface area contributed by atoms with Crippen LogP contribution in [0.5, 0.6) is 0 Å². The predicted molar refractivity (Wildman–Crippen MR) is 93.2 cm³/mol. The first kappa shape index (κ1) is 17.1. The summed E-state index contributed by atoms with van der Waals surface area (Å²) in [5.41, 5.74) is 0. The molecule has 0 aliphatic carbocycles. The normalized spacial score (nSPS) is 11.6. The van der Waals surface area contributed by atoms with Gasteiger partial charge in [-0.05, 0) is 40.5 Å². The van der Waals surface area contributed by atoms with Gasteiger partial charge in [0.1, 0.15) is 12.4 Å². The zero-order valence-electron chi connectivity index (χ0n) is 12.5. The number of guanidine groups is 1. The lowest BCUT2D eigenvalue weighted by Gasteiger charge is -2.11. The lowest BCUT2D eigenvalue weighted by molar-refractivity contribution is 0.105. The summed E-state index contributed by atoms with van der Waals surface area (Å²) in [6.45, 7) is 2.78. The quantitative estimate of drug-likeness (QED) is 0.415. The molecule has 0 aliphatic heterocycles. The van der Waals surface area contributed by atoms with Crippen LogP contribution in [0.4, 0.5) is 0 Å². The highest BCUT2D eigenvalue weighted by Gasteiger charge is 2.01. The van der Waals surface area contributed by atoms with Crippen molar-refractivity contribution in [1.29, 1.82) is 0 Å². The SMILES string of the molecule is CN=C(NCCCOCc1ccco1)NCc1cc(Br)cs1. The summed E-state index contributed by atoms with van der Waals surface area (Å²) in [5, 5.41) is 8.63. The van der Waals surface area contributed by atoms with E-state index in [0.717, 1.165) is 35.7 Å². The Bertz CT molecular complexity index is 569. The van der Waals surface area contributed by atoms with Gasteiger partial charge in [-0.25, -0.2) is 0 Å². The van der Waals surface area contributed by atoms with Crippen molar-refractivity contribution in [2.45, 2.75) is 19.6 Å². The van der Waals surface area contributed by atoms with Crippen LogP contribution in [-0.2, 0) is 17.9 Å². The minimum Gasteiger partial charge on any atom is -0.467 e. The number of thiophene rings is 1. The second kappa shape index (κ2) is 9.66. The van der Waals surface area contributed by atoms with Crippen LogP contribution >= 0.6 is 27.3 Å². The van der Waals surface area contributed by atoms with E-state index in [1.165, 1.54) is 4.88 Å². The molecule has 0 bridgehead atoms. The topological polar surface area (TPSA) is 58.8 Å². The van der Waals surface area contributed by atoms with Gasteiger partial charge in [0.25, 0.3) is 0 Å². The number of ether oxygens (including phenoxy) is 1. The summed E-state index contributed by atoms with van der Waals surface area (Å²) >= 11 is 5.17. The lowest BCUT2D eigenvalue weighted by atomic mass is 10.4. The van der Waals surface area contributed by atoms with Crippen LogP contribution in [0.25, 0.3) is 0 Å². The van der Waals surface area contributed by atoms with Gasteiger partial charge in [0.2, 0.25) is 0 Å². The molecule has 5 nitrogen and oxygen atoms in total. The summed E-state index contributed by atoms with van der Waals surface area (Å²) in [4.78, 5) is 5.46. The third kappa shape index (κ3) is 6.21. The number of aliphatic imine (C=N–C) groups is 1. The molecule has 22 heavy (non-hydrogen) atoms. The molecule has 2 rings (SSSR count). The Labute approximate surface area is 142 Å². The summed E-state index contributed by atoms with van der Waals surface area (Å²) < 4.78 is 11.8. The third-order valence-corrected chi connectivity index (χ3v) is 4.56. The fourth-order valence-corrected chi connectivity index (χ4v) is 3.18. The van der Waals surface area contributed by atoms with E-state index in [-0.39, 0.29) is 0 Å². The monoisotopic (exact) mass is 385 g/mol. The van der Waals surface area contributed by atoms with Crippen molar-refractivity contribution >= 4 is 33.2 Å². The van der Waals surface area contributed by atoms with Crippen LogP contribution in [0.2, 0.25) is 0 Å². The standard InChI is InChI=1S/C15H20BrN3O2S/c1-17-15(19-9-14-8-12(16)11-22-14)18-5-3-6-20-10-13-4-2-7-21-13/h2,4,7-8,11H,3,5-6,9-10H2,1H3,(H2,17,18,19). The Hall–Kier alpha value is -1.31. The molecule has 0 amide bonds. The smallest absolute Gasteiger partial charge is 0.191 e. The maximum absolute atomic E-state index is 5.53. The Morgan fingerprint density at radius 1 is 1.45 bits per heavy atom. The molecule has 120 valence electrons. The molecular formula is C15H20BrN3O2S. The Morgan fingerprint density at radius 2 is 2.36 bits per heavy atom. The number of halogens is 1. The highest BCUT2D eigenvalue weighted by molar-refractivity contribution is 9.10. The molecule has 0 radical (unpaired) electrons. The first-order chi connectivity index (χ1) is 10.8. The van der Waals surface area contributed by atoms with E-state index in [2.05, 4.69) is 43.0 Å². The van der Waals surface area contributed by atoms with Crippen LogP contribution in [-0.4, -0.2) is 26.2 Å². The van der Waals surface area contributed by atoms with Gasteiger partial charge in [-0.2, -0.15) is 0 Å². The highest BCUT2D eigenvalue weighted by Crippen LogP contribution is 2.19. The van der Waals surface area contributed by atoms with E-state index in [1.807, 2.05) is 12.1 Å². The van der Waals surface area contributed by atoms with E-state index < -0.39 is 0 Å². The maximum Gasteiger partial charge on any atom is 0.191 e. The molecule has 7 heteroatoms. The highest BCUT2D eigenvalue weighted by atomic mass is 79.9. The van der Waals surface area contributed by atoms with Crippen molar-refractivity contribution < 1.29 is 9.15 Å². The van der Waals surface area contributed by atoms with Crippen molar-refractivity contribution in [3.8, 4) is 0 Å². The van der Waals surface area contributed by atoms with Gasteiger partial charge in [0.15, 0.2) is 5.96 Å². The zero-order valence-corrected chi connectivity index (χ0v) is 14.9. The van der Waals surface area contributed by atoms with E-state index in [0.29, 0.717) is 13.2 Å². The van der Waals surface area contributed by atoms with Crippen molar-refractivity contribution in [2.75, 3.05) is 20.2 Å². The molecule has 0 aliphatic rings. The minimum atomic E-state index is 0.521. The molecule has 0 unspecified atom stereocenters. The summed E-state index contributed by atoms with van der Waals surface area (Å²) in [7, 11) is 1.77. The van der Waals surface area contributed by atoms with Gasteiger partial charge in [-0.3, -0.25) is 4.99 Å². The average Bonchev–Trinajstić information content (AvgIpc) is 3.17. The van der Waals surface area contributed by atoms with Crippen molar-refractivity contribution in [2.24, 2.45) is 4.99 Å². The zero-order chi connectivity index (χ0) is 15.6. The first-order valence-electron chi connectivity index (χ1n) is 7.05. The molecule has 0 aromatic carbocycles. The van der Waals surface area contributed by atoms with Crippen LogP contribution in [0.15, 0.2) is 43.7 Å². The molecule has 0 saturated heterocycles. The molecule has 0 saturated carbocycles. The lowest BCUT2D eigenvalue weighted by Crippen LogP contribution is -2.37. The van der Waals surface area contributed by atoms with Gasteiger partial charge >= 0.3 is 0 Å². The summed E-state index contributed by atoms with van der Waals surface area (Å²) in [6, 6.07) is 5.88. The van der Waals surface area contributed by atoms with Gasteiger partial charge < -0.3 is 19.8 Å². The van der Waals surface area contributed by atoms with Crippen LogP contribution in [0.3, 0.4) is 0 Å². The Kier molecular flexibility index (Phi) is 7.48. The Morgan fingerprint density at radius 3 is 3.05 bits per heavy atom. The molecular weight excluding hydrogens is 366 g/mol. The number of nitrogens with one attached hydrogen (secondary N) is 2. The fraction of sp³-hybridized carbons (Fsp3) is 0.400. The van der Waals surface area contributed by atoms with Gasteiger partial charge in [0, 0.05) is 34.9 Å². The van der Waals surface area contributed by atoms with Crippen LogP contribution < -0.4 is 10.6 Å². The van der Waals surface area contributed by atoms with Crippen LogP contribution in [0, 0.1) is 0 Å². The van der Waals surface area contributed by atoms with Gasteiger partial charge in [-0.15, -0.1) is 11.3 Å². The number of hydrogen-bond acceptors (Lipinski definition) is 4. The number of rotatable bonds is 8. The largest absolute Gasteiger partial charge is 0.467 e. The van der Waals surface area contributed by atoms with Crippen molar-refractivity contribution in [1.82, 2.24) is 10.6 Å². The van der Waals surface area contributed by atoms with Crippen LogP contribution in [0.1, 0.15) is 17.1 Å². The summed E-state index contributed by atoms with van der Waals surface area (Å²) in [5.74, 6) is 1.66. The predicted octanol–water partition coefficient (Wildman–Crippen LogP) is 3.38. The second-order valence-corrected chi connectivity index (χ2v) is 6.48. The molecule has 0 atom stereocenters. The molecule has 2 heterocycles. The Balaban J connectivity index is 1.54. The summed E-state index contributed by atoms with van der Waals surface area (Å²) in [6.07, 6.45) is 2.56. The number of furan rings is 1. The van der Waals surface area contributed by atoms with Gasteiger partial charge in [0.05, 0.1) is 12.8 Å². The van der Waals surface area contributed by atoms with Crippen molar-refractivity contribution in [3.63, 3.8) is 0 Å². The van der Waals surface area contributed by atoms with E-state index in [4.69, 9.17) is 9.15 Å². The number of hydrogen-bond donors (Lipinski definition) is 2. The molecule has 2 N–H and O–H groups in total. The maximum atomic E-state index is 5.53. The molecule has 2 aromatic heterocycles.